The van der Waals surface area contributed by atoms with E-state index in [1.54, 1.807) is 6.92 Å². The molecular formula is C15H31N3O3. The van der Waals surface area contributed by atoms with Gasteiger partial charge in [0, 0.05) is 19.1 Å². The van der Waals surface area contributed by atoms with Gasteiger partial charge in [0.05, 0.1) is 5.92 Å². The molecule has 2 amide bonds. The Bertz CT molecular complexity index is 309. The van der Waals surface area contributed by atoms with Crippen LogP contribution in [-0.2, 0) is 4.79 Å². The molecule has 21 heavy (non-hydrogen) atoms. The Morgan fingerprint density at radius 1 is 1.19 bits per heavy atom. The molecule has 2 unspecified atom stereocenters. The second kappa shape index (κ2) is 10.4. The van der Waals surface area contributed by atoms with Crippen LogP contribution in [0.1, 0.15) is 40.0 Å². The standard InChI is InChI=1S/C15H31N3O3/c1-11(2)9-13(10-18(4)5)17-15(21)16-8-6-7-12(3)14(19)20/h11-13H,6-10H2,1-5H3,(H,19,20)(H2,16,17,21). The molecule has 0 radical (unpaired) electrons. The topological polar surface area (TPSA) is 81.7 Å². The molecule has 0 aromatic heterocycles. The minimum absolute atomic E-state index is 0.123. The second-order valence-corrected chi connectivity index (χ2v) is 6.37. The third kappa shape index (κ3) is 11.1. The van der Waals surface area contributed by atoms with Crippen molar-refractivity contribution < 1.29 is 14.7 Å². The number of hydrogen-bond donors (Lipinski definition) is 3. The van der Waals surface area contributed by atoms with Gasteiger partial charge in [-0.25, -0.2) is 4.79 Å². The van der Waals surface area contributed by atoms with E-state index >= 15 is 0 Å². The van der Waals surface area contributed by atoms with Crippen LogP contribution in [0.3, 0.4) is 0 Å². The molecule has 0 rings (SSSR count). The molecule has 6 heteroatoms. The van der Waals surface area contributed by atoms with Gasteiger partial charge in [-0.2, -0.15) is 0 Å². The first kappa shape index (κ1) is 19.7. The zero-order valence-electron chi connectivity index (χ0n) is 14.0. The Morgan fingerprint density at radius 2 is 1.81 bits per heavy atom. The number of hydrogen-bond acceptors (Lipinski definition) is 3. The summed E-state index contributed by atoms with van der Waals surface area (Å²) in [6.45, 7) is 7.25. The van der Waals surface area contributed by atoms with Crippen molar-refractivity contribution in [3.05, 3.63) is 0 Å². The summed E-state index contributed by atoms with van der Waals surface area (Å²) in [5, 5.41) is 14.5. The van der Waals surface area contributed by atoms with E-state index in [0.29, 0.717) is 25.3 Å². The SMILES string of the molecule is CC(C)CC(CN(C)C)NC(=O)NCCCC(C)C(=O)O. The number of carbonyl (C=O) groups excluding carboxylic acids is 1. The van der Waals surface area contributed by atoms with Crippen LogP contribution in [0, 0.1) is 11.8 Å². The van der Waals surface area contributed by atoms with Gasteiger partial charge in [-0.1, -0.05) is 20.8 Å². The van der Waals surface area contributed by atoms with Gasteiger partial charge in [-0.3, -0.25) is 4.79 Å². The number of carboxylic acids is 1. The summed E-state index contributed by atoms with van der Waals surface area (Å²) in [7, 11) is 3.97. The van der Waals surface area contributed by atoms with Crippen molar-refractivity contribution in [3.8, 4) is 0 Å². The number of amides is 2. The minimum Gasteiger partial charge on any atom is -0.481 e. The third-order valence-electron chi connectivity index (χ3n) is 3.20. The lowest BCUT2D eigenvalue weighted by molar-refractivity contribution is -0.141. The first-order chi connectivity index (χ1) is 9.72. The van der Waals surface area contributed by atoms with Gasteiger partial charge in [0.2, 0.25) is 0 Å². The van der Waals surface area contributed by atoms with Crippen LogP contribution in [0.15, 0.2) is 0 Å². The monoisotopic (exact) mass is 301 g/mol. The van der Waals surface area contributed by atoms with Crippen molar-refractivity contribution in [1.29, 1.82) is 0 Å². The second-order valence-electron chi connectivity index (χ2n) is 6.37. The van der Waals surface area contributed by atoms with Gasteiger partial charge in [-0.15, -0.1) is 0 Å². The first-order valence-electron chi connectivity index (χ1n) is 7.64. The van der Waals surface area contributed by atoms with Gasteiger partial charge in [-0.05, 0) is 39.3 Å². The zero-order chi connectivity index (χ0) is 16.4. The number of carboxylic acid groups (broad SMARTS) is 1. The number of nitrogens with one attached hydrogen (secondary N) is 2. The fraction of sp³-hybridized carbons (Fsp3) is 0.867. The molecule has 6 nitrogen and oxygen atoms in total. The van der Waals surface area contributed by atoms with Crippen LogP contribution in [0.25, 0.3) is 0 Å². The summed E-state index contributed by atoms with van der Waals surface area (Å²) >= 11 is 0. The zero-order valence-corrected chi connectivity index (χ0v) is 14.0. The molecule has 0 saturated heterocycles. The van der Waals surface area contributed by atoms with Gasteiger partial charge in [0.15, 0.2) is 0 Å². The maximum absolute atomic E-state index is 11.8. The molecule has 0 bridgehead atoms. The smallest absolute Gasteiger partial charge is 0.315 e. The van der Waals surface area contributed by atoms with Crippen molar-refractivity contribution in [3.63, 3.8) is 0 Å². The van der Waals surface area contributed by atoms with Crippen LogP contribution in [0.2, 0.25) is 0 Å². The number of rotatable bonds is 10. The van der Waals surface area contributed by atoms with E-state index in [9.17, 15) is 9.59 Å². The summed E-state index contributed by atoms with van der Waals surface area (Å²) in [6, 6.07) is -0.0524. The molecule has 0 saturated carbocycles. The number of nitrogens with zero attached hydrogens (tertiary/aromatic N) is 1. The Kier molecular flexibility index (Phi) is 9.78. The van der Waals surface area contributed by atoms with Crippen molar-refractivity contribution in [2.24, 2.45) is 11.8 Å². The minimum atomic E-state index is -0.789. The van der Waals surface area contributed by atoms with Gasteiger partial charge in [0.25, 0.3) is 0 Å². The number of urea groups is 1. The van der Waals surface area contributed by atoms with Crippen LogP contribution in [-0.4, -0.2) is 55.2 Å². The van der Waals surface area contributed by atoms with E-state index in [4.69, 9.17) is 5.11 Å². The molecule has 0 aromatic rings. The lowest BCUT2D eigenvalue weighted by atomic mass is 10.0. The highest BCUT2D eigenvalue weighted by Gasteiger charge is 2.15. The van der Waals surface area contributed by atoms with Crippen LogP contribution < -0.4 is 10.6 Å². The molecule has 0 spiro atoms. The predicted molar refractivity (Wildman–Crippen MR) is 84.4 cm³/mol. The van der Waals surface area contributed by atoms with Crippen molar-refractivity contribution in [2.45, 2.75) is 46.1 Å². The molecule has 0 aliphatic rings. The summed E-state index contributed by atoms with van der Waals surface area (Å²) < 4.78 is 0. The molecule has 0 fully saturated rings. The maximum atomic E-state index is 11.8. The summed E-state index contributed by atoms with van der Waals surface area (Å²) in [5.41, 5.74) is 0. The lowest BCUT2D eigenvalue weighted by Gasteiger charge is -2.24. The summed E-state index contributed by atoms with van der Waals surface area (Å²) in [6.07, 6.45) is 2.17. The van der Waals surface area contributed by atoms with Crippen molar-refractivity contribution >= 4 is 12.0 Å². The average molecular weight is 301 g/mol. The van der Waals surface area contributed by atoms with E-state index in [-0.39, 0.29) is 18.0 Å². The van der Waals surface area contributed by atoms with E-state index < -0.39 is 5.97 Å². The fourth-order valence-electron chi connectivity index (χ4n) is 2.16. The van der Waals surface area contributed by atoms with Gasteiger partial charge in [0.1, 0.15) is 0 Å². The molecule has 2 atom stereocenters. The molecule has 0 heterocycles. The lowest BCUT2D eigenvalue weighted by Crippen LogP contribution is -2.47. The van der Waals surface area contributed by atoms with E-state index in [2.05, 4.69) is 29.4 Å². The van der Waals surface area contributed by atoms with Crippen molar-refractivity contribution in [1.82, 2.24) is 15.5 Å². The van der Waals surface area contributed by atoms with Gasteiger partial charge < -0.3 is 20.6 Å². The number of likely N-dealkylation sites (N-methyl/N-ethyl adjacent to an activating group) is 1. The van der Waals surface area contributed by atoms with Crippen molar-refractivity contribution in [2.75, 3.05) is 27.2 Å². The Morgan fingerprint density at radius 3 is 2.29 bits per heavy atom. The van der Waals surface area contributed by atoms with E-state index in [0.717, 1.165) is 13.0 Å². The highest BCUT2D eigenvalue weighted by Crippen LogP contribution is 2.06. The fourth-order valence-corrected chi connectivity index (χ4v) is 2.16. The first-order valence-corrected chi connectivity index (χ1v) is 7.64. The van der Waals surface area contributed by atoms with Gasteiger partial charge >= 0.3 is 12.0 Å². The molecular weight excluding hydrogens is 270 g/mol. The third-order valence-corrected chi connectivity index (χ3v) is 3.20. The summed E-state index contributed by atoms with van der Waals surface area (Å²) in [5.74, 6) is -0.633. The summed E-state index contributed by atoms with van der Waals surface area (Å²) in [4.78, 5) is 24.6. The van der Waals surface area contributed by atoms with E-state index in [1.165, 1.54) is 0 Å². The number of aliphatic carboxylic acids is 1. The Labute approximate surface area is 128 Å². The largest absolute Gasteiger partial charge is 0.481 e. The molecule has 0 aliphatic heterocycles. The molecule has 0 aliphatic carbocycles. The van der Waals surface area contributed by atoms with Crippen LogP contribution in [0.4, 0.5) is 4.79 Å². The Balaban J connectivity index is 3.99. The Hall–Kier alpha value is -1.30. The highest BCUT2D eigenvalue weighted by molar-refractivity contribution is 5.74. The van der Waals surface area contributed by atoms with E-state index in [1.807, 2.05) is 14.1 Å². The predicted octanol–water partition coefficient (Wildman–Crippen LogP) is 1.76. The average Bonchev–Trinajstić information content (AvgIpc) is 2.32. The highest BCUT2D eigenvalue weighted by atomic mass is 16.4. The maximum Gasteiger partial charge on any atom is 0.315 e. The van der Waals surface area contributed by atoms with Crippen LogP contribution >= 0.6 is 0 Å². The molecule has 0 aromatic carbocycles. The molecule has 3 N–H and O–H groups in total. The molecule has 124 valence electrons. The quantitative estimate of drug-likeness (QED) is 0.537. The number of carbonyl (C=O) groups is 2. The van der Waals surface area contributed by atoms with Crippen LogP contribution in [0.5, 0.6) is 0 Å². The normalized spacial score (nSPS) is 14.0.